The van der Waals surface area contributed by atoms with E-state index in [4.69, 9.17) is 6.58 Å². The lowest BCUT2D eigenvalue weighted by atomic mass is 10.1. The Balaban J connectivity index is 1.50. The molecule has 194 valence electrons. The minimum Gasteiger partial charge on any atom is -0.309 e. The zero-order valence-corrected chi connectivity index (χ0v) is 22.9. The molecule has 2 aromatic heterocycles. The average Bonchev–Trinajstić information content (AvgIpc) is 3.46. The molecule has 0 N–H and O–H groups in total. The van der Waals surface area contributed by atoms with Crippen molar-refractivity contribution in [3.05, 3.63) is 155 Å². The number of nitrogens with zero attached hydrogens (tertiary/aromatic N) is 2. The smallest absolute Gasteiger partial charge is 0.0541 e. The minimum absolute atomic E-state index is 0.983. The molecule has 2 nitrogen and oxygen atoms in total. The van der Waals surface area contributed by atoms with Gasteiger partial charge >= 0.3 is 0 Å². The Bertz CT molecular complexity index is 2390. The molecule has 0 aliphatic rings. The highest BCUT2D eigenvalue weighted by Crippen LogP contribution is 2.33. The Morgan fingerprint density at radius 3 is 1.59 bits per heavy atom. The van der Waals surface area contributed by atoms with Gasteiger partial charge in [-0.15, -0.1) is 0 Å². The van der Waals surface area contributed by atoms with Crippen LogP contribution in [-0.2, 0) is 0 Å². The minimum atomic E-state index is 0.983. The third-order valence-corrected chi connectivity index (χ3v) is 8.49. The van der Waals surface area contributed by atoms with Gasteiger partial charge in [-0.2, -0.15) is 0 Å². The second kappa shape index (κ2) is 9.11. The lowest BCUT2D eigenvalue weighted by molar-refractivity contribution is 1.08. The van der Waals surface area contributed by atoms with Crippen molar-refractivity contribution in [1.29, 1.82) is 0 Å². The van der Waals surface area contributed by atoms with Gasteiger partial charge in [-0.05, 0) is 53.6 Å². The quantitative estimate of drug-likeness (QED) is 0.220. The van der Waals surface area contributed by atoms with E-state index in [1.807, 2.05) is 0 Å². The second-order valence-electron chi connectivity index (χ2n) is 10.7. The van der Waals surface area contributed by atoms with Crippen LogP contribution >= 0.6 is 0 Å². The molecule has 41 heavy (non-hydrogen) atoms. The fourth-order valence-corrected chi connectivity index (χ4v) is 6.55. The third kappa shape index (κ3) is 3.51. The molecule has 0 atom stereocenters. The molecular weight excluding hydrogens is 496 g/mol. The van der Waals surface area contributed by atoms with Gasteiger partial charge in [0.1, 0.15) is 0 Å². The first-order valence-corrected chi connectivity index (χ1v) is 14.1. The summed E-state index contributed by atoms with van der Waals surface area (Å²) < 4.78 is 4.75. The summed E-state index contributed by atoms with van der Waals surface area (Å²) in [6.45, 7) is 6.93. The van der Waals surface area contributed by atoms with Crippen LogP contribution in [0.3, 0.4) is 0 Å². The van der Waals surface area contributed by atoms with Crippen LogP contribution in [0, 0.1) is 6.92 Å². The predicted octanol–water partition coefficient (Wildman–Crippen LogP) is 8.43. The molecule has 2 heteroatoms. The molecule has 0 radical (unpaired) electrons. The Labute approximate surface area is 238 Å². The van der Waals surface area contributed by atoms with Crippen molar-refractivity contribution in [1.82, 2.24) is 9.13 Å². The number of para-hydroxylation sites is 2. The summed E-state index contributed by atoms with van der Waals surface area (Å²) in [4.78, 5) is 0. The molecule has 0 saturated carbocycles. The summed E-state index contributed by atoms with van der Waals surface area (Å²) in [5.74, 6) is 0. The van der Waals surface area contributed by atoms with Crippen molar-refractivity contribution in [3.63, 3.8) is 0 Å². The summed E-state index contributed by atoms with van der Waals surface area (Å²) in [7, 11) is 0. The van der Waals surface area contributed by atoms with E-state index in [-0.39, 0.29) is 0 Å². The first-order chi connectivity index (χ1) is 20.2. The second-order valence-corrected chi connectivity index (χ2v) is 10.7. The van der Waals surface area contributed by atoms with Crippen molar-refractivity contribution >= 4 is 56.0 Å². The molecule has 0 saturated heterocycles. The summed E-state index contributed by atoms with van der Waals surface area (Å²) >= 11 is 0. The van der Waals surface area contributed by atoms with E-state index < -0.39 is 0 Å². The summed E-state index contributed by atoms with van der Waals surface area (Å²) in [6, 6.07) is 47.7. The SMILES string of the molecule is C=c1/c(=C\c2c(C)c3ccccc3n2-c2cccc3ccccc23)c2ccccc2n1-c1cccc2ccccc12. The lowest BCUT2D eigenvalue weighted by Gasteiger charge is -2.13. The Kier molecular flexibility index (Phi) is 5.23. The van der Waals surface area contributed by atoms with Crippen LogP contribution in [0.2, 0.25) is 0 Å². The number of benzene rings is 6. The maximum atomic E-state index is 4.70. The number of fused-ring (bicyclic) bond motifs is 4. The van der Waals surface area contributed by atoms with E-state index in [9.17, 15) is 0 Å². The van der Waals surface area contributed by atoms with Crippen molar-refractivity contribution < 1.29 is 0 Å². The molecule has 0 fully saturated rings. The molecule has 0 unspecified atom stereocenters. The first-order valence-electron chi connectivity index (χ1n) is 14.1. The van der Waals surface area contributed by atoms with Gasteiger partial charge in [-0.1, -0.05) is 116 Å². The van der Waals surface area contributed by atoms with Crippen molar-refractivity contribution in [3.8, 4) is 11.4 Å². The number of aromatic nitrogens is 2. The average molecular weight is 525 g/mol. The Morgan fingerprint density at radius 2 is 0.951 bits per heavy atom. The zero-order chi connectivity index (χ0) is 27.5. The van der Waals surface area contributed by atoms with Gasteiger partial charge in [0, 0.05) is 32.1 Å². The fraction of sp³-hybridized carbons (Fsp3) is 0.0256. The van der Waals surface area contributed by atoms with Gasteiger partial charge in [0.25, 0.3) is 0 Å². The van der Waals surface area contributed by atoms with E-state index >= 15 is 0 Å². The van der Waals surface area contributed by atoms with Crippen LogP contribution in [0.4, 0.5) is 0 Å². The molecule has 0 bridgehead atoms. The van der Waals surface area contributed by atoms with Crippen LogP contribution in [0.1, 0.15) is 11.3 Å². The fourth-order valence-electron chi connectivity index (χ4n) is 6.55. The monoisotopic (exact) mass is 524 g/mol. The summed E-state index contributed by atoms with van der Waals surface area (Å²) in [6.07, 6.45) is 2.35. The highest BCUT2D eigenvalue weighted by molar-refractivity contribution is 5.97. The van der Waals surface area contributed by atoms with Gasteiger partial charge in [0.2, 0.25) is 0 Å². The van der Waals surface area contributed by atoms with E-state index in [1.54, 1.807) is 0 Å². The van der Waals surface area contributed by atoms with E-state index in [1.165, 1.54) is 54.8 Å². The van der Waals surface area contributed by atoms with Crippen molar-refractivity contribution in [2.24, 2.45) is 0 Å². The molecule has 8 aromatic rings. The van der Waals surface area contributed by atoms with Gasteiger partial charge < -0.3 is 9.13 Å². The van der Waals surface area contributed by atoms with Gasteiger partial charge in [-0.3, -0.25) is 0 Å². The van der Waals surface area contributed by atoms with Crippen LogP contribution in [0.25, 0.3) is 67.4 Å². The highest BCUT2D eigenvalue weighted by Gasteiger charge is 2.17. The molecule has 0 spiro atoms. The van der Waals surface area contributed by atoms with E-state index in [0.29, 0.717) is 0 Å². The van der Waals surface area contributed by atoms with Gasteiger partial charge in [0.15, 0.2) is 0 Å². The van der Waals surface area contributed by atoms with E-state index in [0.717, 1.165) is 21.8 Å². The zero-order valence-electron chi connectivity index (χ0n) is 22.9. The van der Waals surface area contributed by atoms with Crippen LogP contribution < -0.4 is 10.6 Å². The number of aryl methyl sites for hydroxylation is 1. The number of hydrogen-bond acceptors (Lipinski definition) is 0. The molecule has 0 aliphatic heterocycles. The molecule has 0 aliphatic carbocycles. The molecule has 2 heterocycles. The van der Waals surface area contributed by atoms with Gasteiger partial charge in [0.05, 0.1) is 28.1 Å². The van der Waals surface area contributed by atoms with Crippen molar-refractivity contribution in [2.45, 2.75) is 6.92 Å². The van der Waals surface area contributed by atoms with Crippen LogP contribution in [0.15, 0.2) is 133 Å². The number of rotatable bonds is 3. The van der Waals surface area contributed by atoms with Gasteiger partial charge in [-0.25, -0.2) is 0 Å². The predicted molar refractivity (Wildman–Crippen MR) is 175 cm³/mol. The van der Waals surface area contributed by atoms with E-state index in [2.05, 4.69) is 156 Å². The normalized spacial score (nSPS) is 12.3. The summed E-state index contributed by atoms with van der Waals surface area (Å²) in [5, 5.41) is 9.48. The third-order valence-electron chi connectivity index (χ3n) is 8.49. The number of hydrogen-bond donors (Lipinski definition) is 0. The van der Waals surface area contributed by atoms with Crippen LogP contribution in [-0.4, -0.2) is 9.13 Å². The lowest BCUT2D eigenvalue weighted by Crippen LogP contribution is -2.27. The summed E-state index contributed by atoms with van der Waals surface area (Å²) in [5.41, 5.74) is 7.13. The Hall–Kier alpha value is -5.34. The maximum absolute atomic E-state index is 4.70. The topological polar surface area (TPSA) is 9.86 Å². The molecule has 8 rings (SSSR count). The van der Waals surface area contributed by atoms with Crippen molar-refractivity contribution in [2.75, 3.05) is 0 Å². The molecular formula is C39H28N2. The maximum Gasteiger partial charge on any atom is 0.0541 e. The first kappa shape index (κ1) is 23.5. The highest BCUT2D eigenvalue weighted by atomic mass is 15.0. The Morgan fingerprint density at radius 1 is 0.488 bits per heavy atom. The largest absolute Gasteiger partial charge is 0.309 e. The van der Waals surface area contributed by atoms with Crippen LogP contribution in [0.5, 0.6) is 0 Å². The standard InChI is InChI=1S/C39H28N2/c1-26-30-17-7-9-21-35(30)41(37-24-12-16-29-14-4-6-19-32(29)37)39(26)25-34-27(2)40(38-22-10-8-20-33(34)38)36-23-11-15-28-13-3-5-18-31(28)36/h3-25H,2H2,1H3/b34-25+. The molecule has 0 amide bonds. The molecule has 6 aromatic carbocycles.